The molecule has 1 heteroatoms. The van der Waals surface area contributed by atoms with Crippen molar-refractivity contribution in [1.82, 2.24) is 0 Å². The first-order valence-corrected chi connectivity index (χ1v) is 19.6. The number of benzene rings is 10. The highest BCUT2D eigenvalue weighted by Gasteiger charge is 2.38. The number of furan rings is 1. The normalized spacial score (nSPS) is 13.3. The summed E-state index contributed by atoms with van der Waals surface area (Å²) in [6, 6.07) is 67.1. The number of hydrogen-bond acceptors (Lipinski definition) is 1. The Labute approximate surface area is 325 Å². The molecule has 0 saturated carbocycles. The van der Waals surface area contributed by atoms with Gasteiger partial charge in [-0.1, -0.05) is 172 Å². The molecule has 0 unspecified atom stereocenters. The average Bonchev–Trinajstić information content (AvgIpc) is 3.74. The van der Waals surface area contributed by atoms with Crippen LogP contribution in [0.1, 0.15) is 25.0 Å². The molecule has 0 atom stereocenters. The lowest BCUT2D eigenvalue weighted by atomic mass is 9.81. The molecule has 11 aromatic rings. The second-order valence-corrected chi connectivity index (χ2v) is 16.0. The Morgan fingerprint density at radius 1 is 0.321 bits per heavy atom. The number of fused-ring (bicyclic) bond motifs is 12. The van der Waals surface area contributed by atoms with Crippen LogP contribution in [-0.4, -0.2) is 0 Å². The first-order chi connectivity index (χ1) is 27.5. The van der Waals surface area contributed by atoms with Gasteiger partial charge in [0.05, 0.1) is 0 Å². The van der Waals surface area contributed by atoms with E-state index in [-0.39, 0.29) is 5.41 Å². The van der Waals surface area contributed by atoms with Crippen molar-refractivity contribution in [1.29, 1.82) is 0 Å². The standard InChI is InChI=1S/C55H36O/c1-55(2)48-29-28-46-45-26-24-33-12-6-7-15-40(33)53(45)56-54(46)52(48)47-27-25-38(32-49(47)55)36-20-21-37-31-39(23-22-35(37)30-36)51-43-18-10-8-16-41(43)50(34-13-4-3-5-14-34)42-17-9-11-19-44(42)51/h3-32H,1-2H3. The van der Waals surface area contributed by atoms with Gasteiger partial charge < -0.3 is 4.42 Å². The van der Waals surface area contributed by atoms with E-state index in [9.17, 15) is 0 Å². The second kappa shape index (κ2) is 11.5. The summed E-state index contributed by atoms with van der Waals surface area (Å²) < 4.78 is 6.84. The van der Waals surface area contributed by atoms with Crippen molar-refractivity contribution >= 4 is 65.0 Å². The SMILES string of the molecule is CC1(C)c2cc(-c3ccc4cc(-c5c6ccccc6c(-c6ccccc6)c6ccccc56)ccc4c3)ccc2-c2c1ccc1c2oc2c3ccccc3ccc12. The number of rotatable bonds is 3. The van der Waals surface area contributed by atoms with Crippen molar-refractivity contribution in [2.45, 2.75) is 19.3 Å². The minimum absolute atomic E-state index is 0.163. The molecular weight excluding hydrogens is 677 g/mol. The predicted molar refractivity (Wildman–Crippen MR) is 238 cm³/mol. The van der Waals surface area contributed by atoms with E-state index in [1.807, 2.05) is 0 Å². The number of hydrogen-bond donors (Lipinski definition) is 0. The van der Waals surface area contributed by atoms with Crippen molar-refractivity contribution in [3.8, 4) is 44.5 Å². The monoisotopic (exact) mass is 712 g/mol. The van der Waals surface area contributed by atoms with Gasteiger partial charge in [-0.2, -0.15) is 0 Å². The maximum Gasteiger partial charge on any atom is 0.143 e. The summed E-state index contributed by atoms with van der Waals surface area (Å²) in [5, 5.41) is 12.3. The fraction of sp³-hybridized carbons (Fsp3) is 0.0545. The van der Waals surface area contributed by atoms with Gasteiger partial charge in [-0.25, -0.2) is 0 Å². The van der Waals surface area contributed by atoms with Crippen LogP contribution in [0.2, 0.25) is 0 Å². The molecular formula is C55H36O. The van der Waals surface area contributed by atoms with E-state index in [1.165, 1.54) is 104 Å². The minimum atomic E-state index is -0.163. The molecule has 0 aliphatic heterocycles. The van der Waals surface area contributed by atoms with Gasteiger partial charge in [0.2, 0.25) is 0 Å². The van der Waals surface area contributed by atoms with Crippen LogP contribution in [0.4, 0.5) is 0 Å². The van der Waals surface area contributed by atoms with Crippen LogP contribution in [0.25, 0.3) is 110 Å². The van der Waals surface area contributed by atoms with Crippen LogP contribution in [0.15, 0.2) is 186 Å². The van der Waals surface area contributed by atoms with Crippen LogP contribution < -0.4 is 0 Å². The molecule has 0 fully saturated rings. The van der Waals surface area contributed by atoms with Crippen LogP contribution in [0, 0.1) is 0 Å². The topological polar surface area (TPSA) is 13.1 Å². The van der Waals surface area contributed by atoms with E-state index in [2.05, 4.69) is 196 Å². The predicted octanol–water partition coefficient (Wildman–Crippen LogP) is 15.5. The summed E-state index contributed by atoms with van der Waals surface area (Å²) in [5.41, 5.74) is 14.5. The Morgan fingerprint density at radius 3 is 1.55 bits per heavy atom. The summed E-state index contributed by atoms with van der Waals surface area (Å²) >= 11 is 0. The van der Waals surface area contributed by atoms with E-state index >= 15 is 0 Å². The van der Waals surface area contributed by atoms with Gasteiger partial charge in [-0.3, -0.25) is 0 Å². The molecule has 0 bridgehead atoms. The zero-order chi connectivity index (χ0) is 37.1. The third kappa shape index (κ3) is 4.37. The Hall–Kier alpha value is -6.96. The van der Waals surface area contributed by atoms with Gasteiger partial charge in [0, 0.05) is 27.1 Å². The van der Waals surface area contributed by atoms with Gasteiger partial charge in [-0.05, 0) is 112 Å². The van der Waals surface area contributed by atoms with E-state index in [1.54, 1.807) is 0 Å². The molecule has 12 rings (SSSR count). The van der Waals surface area contributed by atoms with E-state index < -0.39 is 0 Å². The van der Waals surface area contributed by atoms with Crippen molar-refractivity contribution in [3.05, 3.63) is 193 Å². The molecule has 1 aliphatic rings. The molecule has 56 heavy (non-hydrogen) atoms. The quantitative estimate of drug-likeness (QED) is 0.166. The summed E-state index contributed by atoms with van der Waals surface area (Å²) in [7, 11) is 0. The van der Waals surface area contributed by atoms with Gasteiger partial charge >= 0.3 is 0 Å². The molecule has 1 heterocycles. The van der Waals surface area contributed by atoms with Gasteiger partial charge in [0.25, 0.3) is 0 Å². The Morgan fingerprint density at radius 2 is 0.839 bits per heavy atom. The fourth-order valence-electron chi connectivity index (χ4n) is 9.90. The molecule has 262 valence electrons. The van der Waals surface area contributed by atoms with Crippen molar-refractivity contribution in [3.63, 3.8) is 0 Å². The zero-order valence-corrected chi connectivity index (χ0v) is 31.2. The third-order valence-electron chi connectivity index (χ3n) is 12.6. The minimum Gasteiger partial charge on any atom is -0.455 e. The molecule has 0 N–H and O–H groups in total. The Balaban J connectivity index is 0.973. The zero-order valence-electron chi connectivity index (χ0n) is 31.2. The fourth-order valence-corrected chi connectivity index (χ4v) is 9.90. The largest absolute Gasteiger partial charge is 0.455 e. The van der Waals surface area contributed by atoms with Crippen molar-refractivity contribution in [2.75, 3.05) is 0 Å². The summed E-state index contributed by atoms with van der Waals surface area (Å²) in [6.07, 6.45) is 0. The lowest BCUT2D eigenvalue weighted by molar-refractivity contribution is 0.654. The molecule has 1 nitrogen and oxygen atoms in total. The Bertz CT molecular complexity index is 3380. The summed E-state index contributed by atoms with van der Waals surface area (Å²) in [4.78, 5) is 0. The highest BCUT2D eigenvalue weighted by atomic mass is 16.3. The average molecular weight is 713 g/mol. The smallest absolute Gasteiger partial charge is 0.143 e. The van der Waals surface area contributed by atoms with Gasteiger partial charge in [-0.15, -0.1) is 0 Å². The molecule has 0 amide bonds. The molecule has 10 aromatic carbocycles. The lowest BCUT2D eigenvalue weighted by Crippen LogP contribution is -2.14. The van der Waals surface area contributed by atoms with E-state index in [0.717, 1.165) is 16.6 Å². The molecule has 0 spiro atoms. The van der Waals surface area contributed by atoms with E-state index in [4.69, 9.17) is 4.42 Å². The van der Waals surface area contributed by atoms with Gasteiger partial charge in [0.1, 0.15) is 11.2 Å². The van der Waals surface area contributed by atoms with Crippen molar-refractivity contribution < 1.29 is 4.42 Å². The van der Waals surface area contributed by atoms with Crippen LogP contribution >= 0.6 is 0 Å². The maximum absolute atomic E-state index is 6.84. The summed E-state index contributed by atoms with van der Waals surface area (Å²) in [6.45, 7) is 4.71. The maximum atomic E-state index is 6.84. The lowest BCUT2D eigenvalue weighted by Gasteiger charge is -2.22. The molecule has 1 aromatic heterocycles. The molecule has 0 saturated heterocycles. The van der Waals surface area contributed by atoms with E-state index in [0.29, 0.717) is 0 Å². The van der Waals surface area contributed by atoms with Crippen LogP contribution in [-0.2, 0) is 5.41 Å². The Kier molecular flexibility index (Phi) is 6.46. The highest BCUT2D eigenvalue weighted by molar-refractivity contribution is 6.22. The first kappa shape index (κ1) is 31.4. The van der Waals surface area contributed by atoms with Crippen molar-refractivity contribution in [2.24, 2.45) is 0 Å². The molecule has 1 aliphatic carbocycles. The van der Waals surface area contributed by atoms with Crippen LogP contribution in [0.3, 0.4) is 0 Å². The van der Waals surface area contributed by atoms with Gasteiger partial charge in [0.15, 0.2) is 0 Å². The highest BCUT2D eigenvalue weighted by Crippen LogP contribution is 2.54. The summed E-state index contributed by atoms with van der Waals surface area (Å²) in [5.74, 6) is 0. The second-order valence-electron chi connectivity index (χ2n) is 16.0. The van der Waals surface area contributed by atoms with Crippen LogP contribution in [0.5, 0.6) is 0 Å². The molecule has 0 radical (unpaired) electrons. The first-order valence-electron chi connectivity index (χ1n) is 19.6. The third-order valence-corrected chi connectivity index (χ3v) is 12.6.